The highest BCUT2D eigenvalue weighted by atomic mass is 32.2. The number of carbonyl (C=O) groups is 2. The summed E-state index contributed by atoms with van der Waals surface area (Å²) in [7, 11) is 0. The predicted octanol–water partition coefficient (Wildman–Crippen LogP) is 0.800. The Hall–Kier alpha value is -1.80. The molecule has 0 unspecified atom stereocenters. The topological polar surface area (TPSA) is 97.5 Å². The van der Waals surface area contributed by atoms with E-state index in [0.717, 1.165) is 4.90 Å². The van der Waals surface area contributed by atoms with Crippen LogP contribution in [0.1, 0.15) is 6.42 Å². The van der Waals surface area contributed by atoms with Gasteiger partial charge in [0.15, 0.2) is 0 Å². The number of aromatic nitrogens is 1. The molecule has 1 aromatic heterocycles. The van der Waals surface area contributed by atoms with Gasteiger partial charge in [0.25, 0.3) is 0 Å². The first kappa shape index (κ1) is 13.2. The molecule has 1 atom stereocenters. The van der Waals surface area contributed by atoms with Gasteiger partial charge < -0.3 is 15.8 Å². The van der Waals surface area contributed by atoms with E-state index < -0.39 is 6.09 Å². The highest BCUT2D eigenvalue weighted by Crippen LogP contribution is 2.32. The number of hydrogen-bond acceptors (Lipinski definition) is 6. The lowest BCUT2D eigenvalue weighted by Crippen LogP contribution is -2.27. The molecule has 20 heavy (non-hydrogen) atoms. The summed E-state index contributed by atoms with van der Waals surface area (Å²) in [6, 6.07) is 3.61. The maximum atomic E-state index is 11.8. The monoisotopic (exact) mass is 294 g/mol. The summed E-state index contributed by atoms with van der Waals surface area (Å²) >= 11 is 1.43. The van der Waals surface area contributed by atoms with E-state index in [-0.39, 0.29) is 12.0 Å². The Morgan fingerprint density at radius 3 is 3.15 bits per heavy atom. The van der Waals surface area contributed by atoms with Crippen LogP contribution in [-0.2, 0) is 9.53 Å². The molecular weight excluding hydrogens is 280 g/mol. The molecule has 8 heteroatoms. The van der Waals surface area contributed by atoms with Crippen molar-refractivity contribution in [2.24, 2.45) is 5.73 Å². The fourth-order valence-corrected chi connectivity index (χ4v) is 2.91. The number of ether oxygens (including phenoxy) is 1. The fraction of sp³-hybridized carbons (Fsp3) is 0.417. The summed E-state index contributed by atoms with van der Waals surface area (Å²) in [6.45, 7) is 0.902. The minimum atomic E-state index is -0.425. The van der Waals surface area contributed by atoms with Crippen LogP contribution in [0.25, 0.3) is 0 Å². The van der Waals surface area contributed by atoms with E-state index >= 15 is 0 Å². The number of nitrogens with one attached hydrogen (secondary N) is 1. The van der Waals surface area contributed by atoms with Crippen molar-refractivity contribution in [2.75, 3.05) is 29.1 Å². The van der Waals surface area contributed by atoms with Gasteiger partial charge in [-0.2, -0.15) is 0 Å². The number of fused-ring (bicyclic) bond motifs is 1. The molecule has 0 radical (unpaired) electrons. The van der Waals surface area contributed by atoms with E-state index in [1.54, 1.807) is 6.07 Å². The molecule has 7 nitrogen and oxygen atoms in total. The third-order valence-electron chi connectivity index (χ3n) is 3.10. The molecule has 3 rings (SSSR count). The summed E-state index contributed by atoms with van der Waals surface area (Å²) in [5, 5.41) is 2.71. The van der Waals surface area contributed by atoms with Crippen LogP contribution in [0.3, 0.4) is 0 Å². The zero-order valence-electron chi connectivity index (χ0n) is 10.7. The zero-order valence-corrected chi connectivity index (χ0v) is 11.5. The highest BCUT2D eigenvalue weighted by Gasteiger charge is 2.33. The minimum absolute atomic E-state index is 0.0860. The number of nitrogens with zero attached hydrogens (tertiary/aromatic N) is 2. The van der Waals surface area contributed by atoms with Crippen LogP contribution in [-0.4, -0.2) is 41.9 Å². The number of amides is 2. The van der Waals surface area contributed by atoms with Gasteiger partial charge in [-0.25, -0.2) is 9.78 Å². The molecule has 2 aliphatic rings. The van der Waals surface area contributed by atoms with Crippen molar-refractivity contribution in [3.8, 4) is 0 Å². The first-order valence-electron chi connectivity index (χ1n) is 6.29. The minimum Gasteiger partial charge on any atom is -0.444 e. The predicted molar refractivity (Wildman–Crippen MR) is 74.9 cm³/mol. The standard InChI is InChI=1S/C12H14N4O3S/c13-4-3-7-5-16(12(18)19-7)9-2-1-8-11(14-9)15-10(17)6-20-8/h1-2,7H,3-6,13H2,(H,14,15,17)/t7-/m1/s1. The van der Waals surface area contributed by atoms with Crippen LogP contribution in [0.2, 0.25) is 0 Å². The van der Waals surface area contributed by atoms with E-state index in [4.69, 9.17) is 10.5 Å². The van der Waals surface area contributed by atoms with Gasteiger partial charge in [0.05, 0.1) is 17.2 Å². The molecule has 0 aromatic carbocycles. The summed E-state index contributed by atoms with van der Waals surface area (Å²) < 4.78 is 5.21. The number of rotatable bonds is 3. The van der Waals surface area contributed by atoms with Gasteiger partial charge in [0, 0.05) is 0 Å². The van der Waals surface area contributed by atoms with Crippen molar-refractivity contribution < 1.29 is 14.3 Å². The van der Waals surface area contributed by atoms with Crippen LogP contribution in [0.15, 0.2) is 17.0 Å². The molecule has 0 bridgehead atoms. The van der Waals surface area contributed by atoms with Crippen molar-refractivity contribution in [2.45, 2.75) is 17.4 Å². The van der Waals surface area contributed by atoms with Crippen LogP contribution in [0.4, 0.5) is 16.4 Å². The van der Waals surface area contributed by atoms with Crippen LogP contribution < -0.4 is 16.0 Å². The molecule has 3 heterocycles. The lowest BCUT2D eigenvalue weighted by molar-refractivity contribution is -0.113. The zero-order chi connectivity index (χ0) is 14.1. The molecule has 2 amide bonds. The smallest absolute Gasteiger partial charge is 0.415 e. The second-order valence-electron chi connectivity index (χ2n) is 4.55. The Morgan fingerprint density at radius 2 is 2.35 bits per heavy atom. The third kappa shape index (κ3) is 2.44. The molecule has 0 spiro atoms. The van der Waals surface area contributed by atoms with Gasteiger partial charge in [-0.3, -0.25) is 9.69 Å². The average molecular weight is 294 g/mol. The van der Waals surface area contributed by atoms with Crippen molar-refractivity contribution in [1.82, 2.24) is 4.98 Å². The first-order valence-corrected chi connectivity index (χ1v) is 7.28. The maximum absolute atomic E-state index is 11.8. The van der Waals surface area contributed by atoms with E-state index in [1.165, 1.54) is 16.7 Å². The lowest BCUT2D eigenvalue weighted by Gasteiger charge is -2.18. The molecular formula is C12H14N4O3S. The largest absolute Gasteiger partial charge is 0.444 e. The summed E-state index contributed by atoms with van der Waals surface area (Å²) in [4.78, 5) is 29.9. The Balaban J connectivity index is 1.82. The fourth-order valence-electron chi connectivity index (χ4n) is 2.15. The molecule has 2 aliphatic heterocycles. The highest BCUT2D eigenvalue weighted by molar-refractivity contribution is 8.00. The molecule has 3 N–H and O–H groups in total. The van der Waals surface area contributed by atoms with E-state index in [0.29, 0.717) is 36.9 Å². The molecule has 1 saturated heterocycles. The van der Waals surface area contributed by atoms with Gasteiger partial charge in [-0.05, 0) is 25.1 Å². The SMILES string of the molecule is NCC[C@@H]1CN(c2ccc3c(n2)NC(=O)CS3)C(=O)O1. The molecule has 1 aromatic rings. The van der Waals surface area contributed by atoms with Crippen LogP contribution in [0, 0.1) is 0 Å². The lowest BCUT2D eigenvalue weighted by atomic mass is 10.2. The first-order chi connectivity index (χ1) is 9.67. The van der Waals surface area contributed by atoms with Gasteiger partial charge in [-0.1, -0.05) is 0 Å². The number of pyridine rings is 1. The molecule has 0 saturated carbocycles. The summed E-state index contributed by atoms with van der Waals surface area (Å²) in [5.74, 6) is 1.28. The quantitative estimate of drug-likeness (QED) is 0.855. The van der Waals surface area contributed by atoms with Gasteiger partial charge in [0.1, 0.15) is 17.7 Å². The van der Waals surface area contributed by atoms with Crippen molar-refractivity contribution >= 4 is 35.4 Å². The molecule has 1 fully saturated rings. The molecule has 106 valence electrons. The van der Waals surface area contributed by atoms with Crippen molar-refractivity contribution in [3.05, 3.63) is 12.1 Å². The third-order valence-corrected chi connectivity index (χ3v) is 4.15. The Morgan fingerprint density at radius 1 is 1.50 bits per heavy atom. The van der Waals surface area contributed by atoms with Crippen LogP contribution >= 0.6 is 11.8 Å². The second-order valence-corrected chi connectivity index (χ2v) is 5.56. The maximum Gasteiger partial charge on any atom is 0.415 e. The number of anilines is 2. The van der Waals surface area contributed by atoms with Crippen LogP contribution in [0.5, 0.6) is 0 Å². The van der Waals surface area contributed by atoms with E-state index in [1.807, 2.05) is 6.07 Å². The summed E-state index contributed by atoms with van der Waals surface area (Å²) in [6.07, 6.45) is -0.000241. The second kappa shape index (κ2) is 5.29. The Labute approximate surface area is 119 Å². The van der Waals surface area contributed by atoms with Crippen molar-refractivity contribution in [3.63, 3.8) is 0 Å². The average Bonchev–Trinajstić information content (AvgIpc) is 2.79. The van der Waals surface area contributed by atoms with Crippen molar-refractivity contribution in [1.29, 1.82) is 0 Å². The van der Waals surface area contributed by atoms with Gasteiger partial charge in [-0.15, -0.1) is 11.8 Å². The van der Waals surface area contributed by atoms with E-state index in [9.17, 15) is 9.59 Å². The summed E-state index contributed by atoms with van der Waals surface area (Å²) in [5.41, 5.74) is 5.47. The van der Waals surface area contributed by atoms with Gasteiger partial charge in [0.2, 0.25) is 5.91 Å². The molecule has 0 aliphatic carbocycles. The Kier molecular flexibility index (Phi) is 3.49. The Bertz CT molecular complexity index is 566. The number of carbonyl (C=O) groups excluding carboxylic acids is 2. The normalized spacial score (nSPS) is 21.4. The number of thioether (sulfide) groups is 1. The number of cyclic esters (lactones) is 1. The van der Waals surface area contributed by atoms with E-state index in [2.05, 4.69) is 10.3 Å². The van der Waals surface area contributed by atoms with Gasteiger partial charge >= 0.3 is 6.09 Å². The number of hydrogen-bond donors (Lipinski definition) is 2. The number of nitrogens with two attached hydrogens (primary N) is 1.